The average Bonchev–Trinajstić information content (AvgIpc) is 3.39. The van der Waals surface area contributed by atoms with Gasteiger partial charge in [-0.2, -0.15) is 15.0 Å². The first kappa shape index (κ1) is 25.6. The van der Waals surface area contributed by atoms with Crippen molar-refractivity contribution in [3.05, 3.63) is 128 Å². The molecule has 0 fully saturated rings. The molecule has 194 valence electrons. The van der Waals surface area contributed by atoms with Gasteiger partial charge in [-0.05, 0) is 66.2 Å². The second-order valence-electron chi connectivity index (χ2n) is 8.85. The summed E-state index contributed by atoms with van der Waals surface area (Å²) in [5.74, 6) is 1.15. The van der Waals surface area contributed by atoms with E-state index in [1.807, 2.05) is 42.5 Å². The number of nitriles is 1. The molecule has 2 heterocycles. The van der Waals surface area contributed by atoms with Gasteiger partial charge < -0.3 is 9.15 Å². The SMILES string of the molecule is N#Cc1ccccc1COc1ccc(C=Nn2c(-c3cc4cc(Br)ccc4o3)nc3ccccc3c2=O)cc1Cl. The van der Waals surface area contributed by atoms with Gasteiger partial charge in [-0.1, -0.05) is 57.9 Å². The van der Waals surface area contributed by atoms with E-state index < -0.39 is 0 Å². The molecule has 0 unspecified atom stereocenters. The lowest BCUT2D eigenvalue weighted by atomic mass is 10.1. The molecule has 4 aromatic carbocycles. The highest BCUT2D eigenvalue weighted by atomic mass is 79.9. The predicted octanol–water partition coefficient (Wildman–Crippen LogP) is 7.56. The highest BCUT2D eigenvalue weighted by molar-refractivity contribution is 9.10. The van der Waals surface area contributed by atoms with Gasteiger partial charge in [-0.3, -0.25) is 4.79 Å². The topological polar surface area (TPSA) is 93.4 Å². The van der Waals surface area contributed by atoms with Crippen LogP contribution in [0.3, 0.4) is 0 Å². The summed E-state index contributed by atoms with van der Waals surface area (Å²) >= 11 is 9.97. The molecule has 6 rings (SSSR count). The second-order valence-corrected chi connectivity index (χ2v) is 10.2. The lowest BCUT2D eigenvalue weighted by molar-refractivity contribution is 0.306. The van der Waals surface area contributed by atoms with Crippen molar-refractivity contribution in [3.8, 4) is 23.4 Å². The molecule has 0 amide bonds. The van der Waals surface area contributed by atoms with Crippen LogP contribution in [0.15, 0.2) is 110 Å². The van der Waals surface area contributed by atoms with Gasteiger partial charge in [0.05, 0.1) is 33.8 Å². The number of para-hydroxylation sites is 1. The molecule has 0 atom stereocenters. The van der Waals surface area contributed by atoms with Crippen LogP contribution < -0.4 is 10.3 Å². The number of ether oxygens (including phenoxy) is 1. The third kappa shape index (κ3) is 5.00. The van der Waals surface area contributed by atoms with E-state index in [1.54, 1.807) is 48.5 Å². The summed E-state index contributed by atoms with van der Waals surface area (Å²) in [6.45, 7) is 0.201. The van der Waals surface area contributed by atoms with E-state index in [1.165, 1.54) is 10.9 Å². The Morgan fingerprint density at radius 3 is 2.73 bits per heavy atom. The smallest absolute Gasteiger partial charge is 0.282 e. The largest absolute Gasteiger partial charge is 0.487 e. The number of nitrogens with zero attached hydrogens (tertiary/aromatic N) is 4. The first-order valence-electron chi connectivity index (χ1n) is 12.2. The monoisotopic (exact) mass is 608 g/mol. The maximum absolute atomic E-state index is 13.5. The number of furan rings is 1. The molecule has 6 aromatic rings. The number of rotatable bonds is 6. The third-order valence-electron chi connectivity index (χ3n) is 6.25. The van der Waals surface area contributed by atoms with Crippen molar-refractivity contribution in [1.82, 2.24) is 9.66 Å². The van der Waals surface area contributed by atoms with Crippen molar-refractivity contribution in [2.45, 2.75) is 6.61 Å². The van der Waals surface area contributed by atoms with Crippen molar-refractivity contribution < 1.29 is 9.15 Å². The van der Waals surface area contributed by atoms with E-state index in [9.17, 15) is 10.1 Å². The molecule has 0 aliphatic heterocycles. The molecule has 0 saturated heterocycles. The summed E-state index contributed by atoms with van der Waals surface area (Å²) in [6, 6.07) is 29.2. The van der Waals surface area contributed by atoms with Gasteiger partial charge in [0.25, 0.3) is 5.56 Å². The normalized spacial score (nSPS) is 11.3. The molecule has 9 heteroatoms. The minimum absolute atomic E-state index is 0.201. The lowest BCUT2D eigenvalue weighted by Gasteiger charge is -2.10. The Hall–Kier alpha value is -4.71. The molecule has 0 radical (unpaired) electrons. The van der Waals surface area contributed by atoms with Gasteiger partial charge in [0.1, 0.15) is 17.9 Å². The first-order valence-corrected chi connectivity index (χ1v) is 13.3. The summed E-state index contributed by atoms with van der Waals surface area (Å²) < 4.78 is 14.0. The van der Waals surface area contributed by atoms with Gasteiger partial charge in [0, 0.05) is 15.4 Å². The molecular formula is C31H18BrClN4O3. The summed E-state index contributed by atoms with van der Waals surface area (Å²) in [5, 5.41) is 15.4. The maximum atomic E-state index is 13.5. The molecule has 0 bridgehead atoms. The van der Waals surface area contributed by atoms with Gasteiger partial charge in [0.15, 0.2) is 5.76 Å². The average molecular weight is 610 g/mol. The van der Waals surface area contributed by atoms with Crippen LogP contribution in [0.25, 0.3) is 33.5 Å². The van der Waals surface area contributed by atoms with Crippen molar-refractivity contribution in [2.24, 2.45) is 5.10 Å². The molecule has 0 aliphatic rings. The van der Waals surface area contributed by atoms with E-state index in [4.69, 9.17) is 25.7 Å². The Kier molecular flexibility index (Phi) is 6.91. The number of fused-ring (bicyclic) bond motifs is 2. The number of halogens is 2. The Morgan fingerprint density at radius 1 is 1.05 bits per heavy atom. The van der Waals surface area contributed by atoms with Crippen molar-refractivity contribution >= 4 is 55.6 Å². The van der Waals surface area contributed by atoms with E-state index >= 15 is 0 Å². The third-order valence-corrected chi connectivity index (χ3v) is 7.04. The van der Waals surface area contributed by atoms with E-state index in [2.05, 4.69) is 27.1 Å². The van der Waals surface area contributed by atoms with Crippen LogP contribution in [0, 0.1) is 11.3 Å². The molecule has 0 N–H and O–H groups in total. The van der Waals surface area contributed by atoms with Crippen molar-refractivity contribution in [2.75, 3.05) is 0 Å². The molecular weight excluding hydrogens is 592 g/mol. The number of hydrogen-bond donors (Lipinski definition) is 0. The van der Waals surface area contributed by atoms with Crippen LogP contribution in [0.1, 0.15) is 16.7 Å². The fraction of sp³-hybridized carbons (Fsp3) is 0.0323. The van der Waals surface area contributed by atoms with Gasteiger partial charge in [0.2, 0.25) is 5.82 Å². The minimum atomic E-state index is -0.333. The summed E-state index contributed by atoms with van der Waals surface area (Å²) in [4.78, 5) is 18.2. The zero-order chi connectivity index (χ0) is 27.6. The molecule has 0 aliphatic carbocycles. The summed E-state index contributed by atoms with van der Waals surface area (Å²) in [6.07, 6.45) is 1.53. The van der Waals surface area contributed by atoms with Crippen LogP contribution in [-0.4, -0.2) is 15.9 Å². The van der Waals surface area contributed by atoms with E-state index in [-0.39, 0.29) is 18.0 Å². The summed E-state index contributed by atoms with van der Waals surface area (Å²) in [5.41, 5.74) is 2.83. The van der Waals surface area contributed by atoms with Crippen LogP contribution in [0.5, 0.6) is 5.75 Å². The Balaban J connectivity index is 1.35. The van der Waals surface area contributed by atoms with Crippen LogP contribution >= 0.6 is 27.5 Å². The van der Waals surface area contributed by atoms with E-state index in [0.29, 0.717) is 44.1 Å². The first-order chi connectivity index (χ1) is 19.5. The molecule has 2 aromatic heterocycles. The van der Waals surface area contributed by atoms with Crippen LogP contribution in [0.2, 0.25) is 5.02 Å². The molecule has 0 spiro atoms. The fourth-order valence-electron chi connectivity index (χ4n) is 4.26. The van der Waals surface area contributed by atoms with Gasteiger partial charge in [-0.15, -0.1) is 0 Å². The van der Waals surface area contributed by atoms with Gasteiger partial charge >= 0.3 is 0 Å². The lowest BCUT2D eigenvalue weighted by Crippen LogP contribution is -2.20. The fourth-order valence-corrected chi connectivity index (χ4v) is 4.89. The zero-order valence-electron chi connectivity index (χ0n) is 20.7. The second kappa shape index (κ2) is 10.8. The Bertz CT molecular complexity index is 2040. The standard InChI is InChI=1S/C31H18BrClN4O3/c32-23-10-12-27-22(14-23)15-29(40-27)30-36-26-8-4-3-7-24(26)31(38)37(30)35-17-19-9-11-28(25(33)13-19)39-18-21-6-2-1-5-20(21)16-34/h1-15,17H,18H2. The quantitative estimate of drug-likeness (QED) is 0.182. The molecule has 40 heavy (non-hydrogen) atoms. The van der Waals surface area contributed by atoms with Crippen molar-refractivity contribution in [1.29, 1.82) is 5.26 Å². The number of hydrogen-bond acceptors (Lipinski definition) is 6. The van der Waals surface area contributed by atoms with Crippen molar-refractivity contribution in [3.63, 3.8) is 0 Å². The minimum Gasteiger partial charge on any atom is -0.487 e. The Morgan fingerprint density at radius 2 is 1.88 bits per heavy atom. The molecule has 0 saturated carbocycles. The zero-order valence-corrected chi connectivity index (χ0v) is 23.1. The Labute approximate surface area is 241 Å². The predicted molar refractivity (Wildman–Crippen MR) is 159 cm³/mol. The molecule has 7 nitrogen and oxygen atoms in total. The summed E-state index contributed by atoms with van der Waals surface area (Å²) in [7, 11) is 0. The van der Waals surface area contributed by atoms with Crippen LogP contribution in [-0.2, 0) is 6.61 Å². The van der Waals surface area contributed by atoms with E-state index in [0.717, 1.165) is 15.4 Å². The number of aromatic nitrogens is 2. The highest BCUT2D eigenvalue weighted by Crippen LogP contribution is 2.30. The maximum Gasteiger partial charge on any atom is 0.282 e. The number of benzene rings is 4. The highest BCUT2D eigenvalue weighted by Gasteiger charge is 2.17. The van der Waals surface area contributed by atoms with Gasteiger partial charge in [-0.25, -0.2) is 4.98 Å². The van der Waals surface area contributed by atoms with Crippen LogP contribution in [0.4, 0.5) is 0 Å².